The summed E-state index contributed by atoms with van der Waals surface area (Å²) in [7, 11) is 0. The number of hydrogen-bond acceptors (Lipinski definition) is 3. The summed E-state index contributed by atoms with van der Waals surface area (Å²) in [6.45, 7) is 5.53. The second kappa shape index (κ2) is 5.50. The molecule has 20 heavy (non-hydrogen) atoms. The van der Waals surface area contributed by atoms with Crippen molar-refractivity contribution in [3.05, 3.63) is 61.7 Å². The summed E-state index contributed by atoms with van der Waals surface area (Å²) < 4.78 is 1.57. The van der Waals surface area contributed by atoms with Crippen LogP contribution in [-0.4, -0.2) is 14.7 Å². The second-order valence-electron chi connectivity index (χ2n) is 4.38. The number of nitrogens with one attached hydrogen (secondary N) is 1. The van der Waals surface area contributed by atoms with E-state index in [1.807, 2.05) is 19.1 Å². The molecule has 6 heteroatoms. The van der Waals surface area contributed by atoms with E-state index in [0.29, 0.717) is 10.0 Å². The molecule has 1 heterocycles. The summed E-state index contributed by atoms with van der Waals surface area (Å²) in [5, 5.41) is 10.3. The van der Waals surface area contributed by atoms with Gasteiger partial charge >= 0.3 is 5.69 Å². The van der Waals surface area contributed by atoms with E-state index in [1.54, 1.807) is 12.1 Å². The van der Waals surface area contributed by atoms with Crippen molar-refractivity contribution >= 4 is 15.9 Å². The Balaban J connectivity index is 2.78. The highest BCUT2D eigenvalue weighted by Gasteiger charge is 2.17. The van der Waals surface area contributed by atoms with Crippen molar-refractivity contribution in [3.63, 3.8) is 0 Å². The van der Waals surface area contributed by atoms with E-state index in [2.05, 4.69) is 27.5 Å². The third-order valence-corrected chi connectivity index (χ3v) is 3.17. The molecule has 5 nitrogen and oxygen atoms in total. The van der Waals surface area contributed by atoms with Crippen LogP contribution < -0.4 is 11.2 Å². The summed E-state index contributed by atoms with van der Waals surface area (Å²) in [4.78, 5) is 25.9. The predicted molar refractivity (Wildman–Crippen MR) is 81.2 cm³/mol. The average Bonchev–Trinajstić information content (AvgIpc) is 2.36. The molecule has 0 fully saturated rings. The summed E-state index contributed by atoms with van der Waals surface area (Å²) in [6.07, 6.45) is 0. The maximum absolute atomic E-state index is 12.0. The molecule has 1 aromatic carbocycles. The third kappa shape index (κ3) is 2.60. The number of benzene rings is 1. The van der Waals surface area contributed by atoms with Gasteiger partial charge in [-0.05, 0) is 18.1 Å². The fourth-order valence-corrected chi connectivity index (χ4v) is 2.22. The van der Waals surface area contributed by atoms with Crippen LogP contribution in [0.4, 0.5) is 0 Å². The molecule has 1 aromatic heterocycles. The number of aromatic hydroxyl groups is 1. The quantitative estimate of drug-likeness (QED) is 0.901. The maximum Gasteiger partial charge on any atom is 0.331 e. The number of rotatable bonds is 3. The highest BCUT2D eigenvalue weighted by atomic mass is 79.9. The number of nitrogens with zero attached hydrogens (tertiary/aromatic N) is 1. The fraction of sp³-hybridized carbons (Fsp3) is 0.143. The molecule has 104 valence electrons. The Bertz CT molecular complexity index is 790. The lowest BCUT2D eigenvalue weighted by atomic mass is 10.0. The van der Waals surface area contributed by atoms with Crippen LogP contribution in [0.3, 0.4) is 0 Å². The maximum atomic E-state index is 12.0. The van der Waals surface area contributed by atoms with Crippen LogP contribution in [0.5, 0.6) is 5.88 Å². The first kappa shape index (κ1) is 14.3. The van der Waals surface area contributed by atoms with Crippen LogP contribution in [0.15, 0.2) is 44.9 Å². The SMILES string of the molecule is C=C(Br)Cn1c(O)c(-c2ccccc2C)c(=O)[nH]c1=O. The lowest BCUT2D eigenvalue weighted by Crippen LogP contribution is -2.31. The van der Waals surface area contributed by atoms with E-state index in [4.69, 9.17) is 0 Å². The summed E-state index contributed by atoms with van der Waals surface area (Å²) >= 11 is 3.14. The van der Waals surface area contributed by atoms with Crippen LogP contribution in [0.2, 0.25) is 0 Å². The normalized spacial score (nSPS) is 10.5. The number of aryl methyl sites for hydroxylation is 1. The van der Waals surface area contributed by atoms with Crippen molar-refractivity contribution in [1.29, 1.82) is 0 Å². The standard InChI is InChI=1S/C14H13BrN2O3/c1-8-5-3-4-6-10(8)11-12(18)16-14(20)17(13(11)19)7-9(2)15/h3-6,19H,2,7H2,1H3,(H,16,18,20). The fourth-order valence-electron chi connectivity index (χ4n) is 1.97. The van der Waals surface area contributed by atoms with E-state index in [9.17, 15) is 14.7 Å². The Morgan fingerprint density at radius 3 is 2.65 bits per heavy atom. The Kier molecular flexibility index (Phi) is 3.94. The van der Waals surface area contributed by atoms with Gasteiger partial charge in [-0.15, -0.1) is 0 Å². The van der Waals surface area contributed by atoms with Crippen molar-refractivity contribution in [3.8, 4) is 17.0 Å². The van der Waals surface area contributed by atoms with Crippen LogP contribution in [-0.2, 0) is 6.54 Å². The van der Waals surface area contributed by atoms with Crippen molar-refractivity contribution in [2.45, 2.75) is 13.5 Å². The first-order valence-electron chi connectivity index (χ1n) is 5.87. The van der Waals surface area contributed by atoms with E-state index < -0.39 is 11.2 Å². The van der Waals surface area contributed by atoms with Crippen molar-refractivity contribution in [2.75, 3.05) is 0 Å². The van der Waals surface area contributed by atoms with Gasteiger partial charge in [0.1, 0.15) is 5.56 Å². The minimum Gasteiger partial charge on any atom is -0.494 e. The third-order valence-electron chi connectivity index (χ3n) is 2.92. The van der Waals surface area contributed by atoms with E-state index >= 15 is 0 Å². The topological polar surface area (TPSA) is 75.1 Å². The Morgan fingerprint density at radius 2 is 2.05 bits per heavy atom. The van der Waals surface area contributed by atoms with Gasteiger partial charge in [0.2, 0.25) is 5.88 Å². The van der Waals surface area contributed by atoms with Gasteiger partial charge in [-0.1, -0.05) is 46.8 Å². The number of H-pyrrole nitrogens is 1. The monoisotopic (exact) mass is 336 g/mol. The molecule has 0 atom stereocenters. The van der Waals surface area contributed by atoms with E-state index in [0.717, 1.165) is 10.1 Å². The lowest BCUT2D eigenvalue weighted by molar-refractivity contribution is 0.413. The van der Waals surface area contributed by atoms with Gasteiger partial charge in [-0.2, -0.15) is 0 Å². The highest BCUT2D eigenvalue weighted by Crippen LogP contribution is 2.27. The molecular weight excluding hydrogens is 324 g/mol. The zero-order chi connectivity index (χ0) is 14.9. The molecule has 2 N–H and O–H groups in total. The van der Waals surface area contributed by atoms with E-state index in [1.165, 1.54) is 0 Å². The largest absolute Gasteiger partial charge is 0.494 e. The molecule has 0 aliphatic rings. The van der Waals surface area contributed by atoms with Crippen LogP contribution in [0, 0.1) is 6.92 Å². The number of hydrogen-bond donors (Lipinski definition) is 2. The van der Waals surface area contributed by atoms with Crippen molar-refractivity contribution in [1.82, 2.24) is 9.55 Å². The number of aromatic nitrogens is 2. The van der Waals surface area contributed by atoms with Crippen molar-refractivity contribution < 1.29 is 5.11 Å². The van der Waals surface area contributed by atoms with Gasteiger partial charge in [0, 0.05) is 4.48 Å². The first-order valence-corrected chi connectivity index (χ1v) is 6.66. The van der Waals surface area contributed by atoms with Gasteiger partial charge in [0.25, 0.3) is 5.56 Å². The highest BCUT2D eigenvalue weighted by molar-refractivity contribution is 9.11. The lowest BCUT2D eigenvalue weighted by Gasteiger charge is -2.12. The van der Waals surface area contributed by atoms with Gasteiger partial charge in [-0.25, -0.2) is 4.79 Å². The molecule has 0 aliphatic carbocycles. The van der Waals surface area contributed by atoms with Crippen molar-refractivity contribution in [2.24, 2.45) is 0 Å². The molecule has 0 radical (unpaired) electrons. The zero-order valence-corrected chi connectivity index (χ0v) is 12.4. The number of allylic oxidation sites excluding steroid dienone is 1. The Morgan fingerprint density at radius 1 is 1.40 bits per heavy atom. The molecule has 0 spiro atoms. The van der Waals surface area contributed by atoms with Gasteiger partial charge in [0.15, 0.2) is 0 Å². The van der Waals surface area contributed by atoms with Crippen LogP contribution in [0.1, 0.15) is 5.56 Å². The van der Waals surface area contributed by atoms with Gasteiger partial charge < -0.3 is 5.11 Å². The second-order valence-corrected chi connectivity index (χ2v) is 5.50. The number of aromatic amines is 1. The molecule has 2 aromatic rings. The number of halogens is 1. The summed E-state index contributed by atoms with van der Waals surface area (Å²) in [5.74, 6) is -0.367. The summed E-state index contributed by atoms with van der Waals surface area (Å²) in [5.41, 5.74) is 0.205. The zero-order valence-electron chi connectivity index (χ0n) is 10.8. The molecule has 0 saturated carbocycles. The molecule has 0 aliphatic heterocycles. The molecule has 0 bridgehead atoms. The Labute approximate surface area is 123 Å². The summed E-state index contributed by atoms with van der Waals surface area (Å²) in [6, 6.07) is 7.14. The average molecular weight is 337 g/mol. The minimum atomic E-state index is -0.676. The molecule has 0 amide bonds. The molecule has 0 saturated heterocycles. The minimum absolute atomic E-state index is 0.0698. The molecule has 0 unspecified atom stereocenters. The first-order chi connectivity index (χ1) is 9.41. The van der Waals surface area contributed by atoms with Crippen LogP contribution >= 0.6 is 15.9 Å². The Hall–Kier alpha value is -2.08. The van der Waals surface area contributed by atoms with Gasteiger partial charge in [0.05, 0.1) is 6.54 Å². The van der Waals surface area contributed by atoms with Crippen LogP contribution in [0.25, 0.3) is 11.1 Å². The molecule has 2 rings (SSSR count). The smallest absolute Gasteiger partial charge is 0.331 e. The van der Waals surface area contributed by atoms with Gasteiger partial charge in [-0.3, -0.25) is 14.3 Å². The van der Waals surface area contributed by atoms with E-state index in [-0.39, 0.29) is 18.0 Å². The molecular formula is C14H13BrN2O3. The predicted octanol–water partition coefficient (Wildman–Crippen LogP) is 2.13.